The van der Waals surface area contributed by atoms with Crippen LogP contribution in [-0.4, -0.2) is 25.7 Å². The lowest BCUT2D eigenvalue weighted by atomic mass is 10.1. The van der Waals surface area contributed by atoms with E-state index in [9.17, 15) is 12.8 Å². The number of sulfonamides is 1. The molecule has 0 spiro atoms. The fourth-order valence-electron chi connectivity index (χ4n) is 1.42. The Hall–Kier alpha value is -1.25. The summed E-state index contributed by atoms with van der Waals surface area (Å²) in [5.74, 6) is -0.656. The van der Waals surface area contributed by atoms with Crippen LogP contribution in [-0.2, 0) is 10.0 Å². The van der Waals surface area contributed by atoms with E-state index in [0.29, 0.717) is 18.7 Å². The molecule has 5 nitrogen and oxygen atoms in total. The van der Waals surface area contributed by atoms with Gasteiger partial charge in [0.05, 0.1) is 11.3 Å². The van der Waals surface area contributed by atoms with Gasteiger partial charge in [0.2, 0.25) is 10.0 Å². The minimum Gasteiger partial charge on any atom is -0.389 e. The zero-order chi connectivity index (χ0) is 13.8. The first-order valence-corrected chi connectivity index (χ1v) is 7.26. The predicted molar refractivity (Wildman–Crippen MR) is 73.4 cm³/mol. The van der Waals surface area contributed by atoms with Gasteiger partial charge in [-0.05, 0) is 18.6 Å². The van der Waals surface area contributed by atoms with Gasteiger partial charge in [-0.15, -0.1) is 0 Å². The van der Waals surface area contributed by atoms with Crippen LogP contribution in [0.4, 0.5) is 10.1 Å². The summed E-state index contributed by atoms with van der Waals surface area (Å²) >= 11 is 4.76. The number of anilines is 1. The number of rotatable bonds is 6. The van der Waals surface area contributed by atoms with E-state index in [4.69, 9.17) is 23.1 Å². The van der Waals surface area contributed by atoms with Crippen molar-refractivity contribution < 1.29 is 12.8 Å². The number of halogens is 1. The number of benzene rings is 1. The van der Waals surface area contributed by atoms with Gasteiger partial charge in [0.1, 0.15) is 10.8 Å². The summed E-state index contributed by atoms with van der Waals surface area (Å²) in [6.07, 6.45) is 0.312. The second-order valence-electron chi connectivity index (χ2n) is 3.67. The number of nitrogens with two attached hydrogens (primary N) is 2. The molecule has 0 aliphatic carbocycles. The van der Waals surface area contributed by atoms with Crippen molar-refractivity contribution in [1.82, 2.24) is 0 Å². The van der Waals surface area contributed by atoms with E-state index in [0.717, 1.165) is 0 Å². The van der Waals surface area contributed by atoms with Gasteiger partial charge in [-0.25, -0.2) is 17.9 Å². The Morgan fingerprint density at radius 1 is 1.44 bits per heavy atom. The molecule has 5 N–H and O–H groups in total. The summed E-state index contributed by atoms with van der Waals surface area (Å²) < 4.78 is 34.9. The number of hydrogen-bond donors (Lipinski definition) is 3. The van der Waals surface area contributed by atoms with Gasteiger partial charge in [-0.2, -0.15) is 0 Å². The molecule has 0 radical (unpaired) electrons. The fourth-order valence-corrected chi connectivity index (χ4v) is 2.17. The zero-order valence-electron chi connectivity index (χ0n) is 9.52. The molecule has 0 aliphatic rings. The fraction of sp³-hybridized carbons (Fsp3) is 0.300. The van der Waals surface area contributed by atoms with Crippen LogP contribution in [0.25, 0.3) is 0 Å². The largest absolute Gasteiger partial charge is 0.389 e. The molecular formula is C10H14FN3O2S2. The van der Waals surface area contributed by atoms with Gasteiger partial charge in [0.25, 0.3) is 0 Å². The van der Waals surface area contributed by atoms with Crippen LogP contribution in [0.1, 0.15) is 12.0 Å². The minimum absolute atomic E-state index is 0.0537. The van der Waals surface area contributed by atoms with E-state index >= 15 is 0 Å². The normalized spacial score (nSPS) is 11.2. The summed E-state index contributed by atoms with van der Waals surface area (Å²) in [6, 6.07) is 4.39. The van der Waals surface area contributed by atoms with Gasteiger partial charge >= 0.3 is 0 Å². The highest BCUT2D eigenvalue weighted by Gasteiger charge is 2.10. The Bertz CT molecular complexity index is 546. The molecule has 1 aromatic rings. The van der Waals surface area contributed by atoms with Gasteiger partial charge in [-0.1, -0.05) is 18.3 Å². The van der Waals surface area contributed by atoms with Gasteiger partial charge in [0, 0.05) is 12.2 Å². The highest BCUT2D eigenvalue weighted by atomic mass is 32.2. The molecule has 8 heteroatoms. The molecule has 18 heavy (non-hydrogen) atoms. The molecule has 100 valence electrons. The summed E-state index contributed by atoms with van der Waals surface area (Å²) in [7, 11) is -3.48. The highest BCUT2D eigenvalue weighted by molar-refractivity contribution is 7.89. The molecule has 0 saturated heterocycles. The van der Waals surface area contributed by atoms with Crippen molar-refractivity contribution in [3.63, 3.8) is 0 Å². The van der Waals surface area contributed by atoms with Crippen LogP contribution in [0.5, 0.6) is 0 Å². The average molecular weight is 291 g/mol. The minimum atomic E-state index is -3.48. The number of hydrogen-bond acceptors (Lipinski definition) is 4. The lowest BCUT2D eigenvalue weighted by Crippen LogP contribution is -2.20. The second kappa shape index (κ2) is 6.07. The summed E-state index contributed by atoms with van der Waals surface area (Å²) in [4.78, 5) is -0.0537. The quantitative estimate of drug-likeness (QED) is 0.525. The van der Waals surface area contributed by atoms with Crippen molar-refractivity contribution in [1.29, 1.82) is 0 Å². The third kappa shape index (κ3) is 4.55. The standard InChI is InChI=1S/C10H14FN3O2S2/c11-7-3-1-4-8(9(7)10(12)17)14-5-2-6-18(13,15)16/h1,3-4,14H,2,5-6H2,(H2,12,17)(H2,13,15,16). The van der Waals surface area contributed by atoms with Gasteiger partial charge < -0.3 is 11.1 Å². The molecule has 0 aromatic heterocycles. The van der Waals surface area contributed by atoms with Crippen molar-refractivity contribution in [3.05, 3.63) is 29.6 Å². The first-order chi connectivity index (χ1) is 8.31. The molecule has 0 fully saturated rings. The summed E-state index contributed by atoms with van der Waals surface area (Å²) in [5.41, 5.74) is 5.99. The van der Waals surface area contributed by atoms with Crippen molar-refractivity contribution in [2.24, 2.45) is 10.9 Å². The first kappa shape index (κ1) is 14.8. The van der Waals surface area contributed by atoms with Gasteiger partial charge in [0.15, 0.2) is 0 Å². The molecule has 1 rings (SSSR count). The van der Waals surface area contributed by atoms with E-state index in [1.165, 1.54) is 12.1 Å². The predicted octanol–water partition coefficient (Wildman–Crippen LogP) is 0.550. The van der Waals surface area contributed by atoms with Crippen molar-refractivity contribution in [3.8, 4) is 0 Å². The highest BCUT2D eigenvalue weighted by Crippen LogP contribution is 2.18. The van der Waals surface area contributed by atoms with E-state index in [2.05, 4.69) is 5.32 Å². The Morgan fingerprint density at radius 3 is 2.67 bits per heavy atom. The molecule has 0 amide bonds. The Morgan fingerprint density at radius 2 is 2.11 bits per heavy atom. The zero-order valence-corrected chi connectivity index (χ0v) is 11.2. The molecule has 0 heterocycles. The summed E-state index contributed by atoms with van der Waals surface area (Å²) in [6.45, 7) is 0.329. The molecule has 0 bridgehead atoms. The number of nitrogens with one attached hydrogen (secondary N) is 1. The van der Waals surface area contributed by atoms with Crippen LogP contribution in [0, 0.1) is 5.82 Å². The molecule has 0 atom stereocenters. The van der Waals surface area contributed by atoms with Crippen LogP contribution in [0.2, 0.25) is 0 Å². The third-order valence-electron chi connectivity index (χ3n) is 2.18. The maximum absolute atomic E-state index is 13.5. The van der Waals surface area contributed by atoms with Crippen LogP contribution in [0.3, 0.4) is 0 Å². The topological polar surface area (TPSA) is 98.2 Å². The smallest absolute Gasteiger partial charge is 0.209 e. The monoisotopic (exact) mass is 291 g/mol. The molecule has 0 unspecified atom stereocenters. The van der Waals surface area contributed by atoms with Crippen molar-refractivity contribution in [2.45, 2.75) is 6.42 Å². The second-order valence-corrected chi connectivity index (χ2v) is 5.85. The number of thiocarbonyl (C=S) groups is 1. The van der Waals surface area contributed by atoms with Crippen LogP contribution in [0.15, 0.2) is 18.2 Å². The average Bonchev–Trinajstić information content (AvgIpc) is 2.22. The molecule has 0 aliphatic heterocycles. The third-order valence-corrected chi connectivity index (χ3v) is 3.24. The van der Waals surface area contributed by atoms with Crippen LogP contribution < -0.4 is 16.2 Å². The van der Waals surface area contributed by atoms with Gasteiger partial charge in [-0.3, -0.25) is 0 Å². The Labute approximate surface area is 110 Å². The van der Waals surface area contributed by atoms with E-state index < -0.39 is 15.8 Å². The molecular weight excluding hydrogens is 277 g/mol. The maximum atomic E-state index is 13.5. The Kier molecular flexibility index (Phi) is 5.00. The summed E-state index contributed by atoms with van der Waals surface area (Å²) in [5, 5.41) is 7.74. The van der Waals surface area contributed by atoms with Crippen molar-refractivity contribution >= 4 is 32.9 Å². The van der Waals surface area contributed by atoms with E-state index in [1.807, 2.05) is 0 Å². The Balaban J connectivity index is 2.68. The van der Waals surface area contributed by atoms with Crippen molar-refractivity contribution in [2.75, 3.05) is 17.6 Å². The van der Waals surface area contributed by atoms with Crippen LogP contribution >= 0.6 is 12.2 Å². The van der Waals surface area contributed by atoms with E-state index in [1.54, 1.807) is 6.07 Å². The lowest BCUT2D eigenvalue weighted by molar-refractivity contribution is 0.595. The number of primary sulfonamides is 1. The first-order valence-electron chi connectivity index (χ1n) is 5.14. The molecule has 1 aromatic carbocycles. The SMILES string of the molecule is NC(=S)c1c(F)cccc1NCCCS(N)(=O)=O. The molecule has 0 saturated carbocycles. The van der Waals surface area contributed by atoms with E-state index in [-0.39, 0.29) is 16.3 Å². The lowest BCUT2D eigenvalue weighted by Gasteiger charge is -2.11. The maximum Gasteiger partial charge on any atom is 0.209 e.